The molecule has 220 valence electrons. The number of hydrogen-bond donors (Lipinski definition) is 3. The zero-order valence-electron chi connectivity index (χ0n) is 24.0. The minimum atomic E-state index is -0.466. The van der Waals surface area contributed by atoms with Crippen molar-refractivity contribution in [2.75, 3.05) is 18.4 Å². The molecular formula is C29H37FN6O3S2. The van der Waals surface area contributed by atoms with Gasteiger partial charge in [0.05, 0.1) is 28.2 Å². The average Bonchev–Trinajstić information content (AvgIpc) is 3.41. The highest BCUT2D eigenvalue weighted by Gasteiger charge is 2.27. The van der Waals surface area contributed by atoms with Gasteiger partial charge in [0.15, 0.2) is 0 Å². The normalized spacial score (nSPS) is 14.3. The van der Waals surface area contributed by atoms with Crippen LogP contribution in [0, 0.1) is 5.82 Å². The van der Waals surface area contributed by atoms with Crippen molar-refractivity contribution in [2.24, 2.45) is 0 Å². The van der Waals surface area contributed by atoms with E-state index in [4.69, 9.17) is 9.72 Å². The number of carbonyl (C=O) groups is 2. The zero-order valence-corrected chi connectivity index (χ0v) is 25.6. The lowest BCUT2D eigenvalue weighted by atomic mass is 9.98. The van der Waals surface area contributed by atoms with Crippen molar-refractivity contribution in [2.45, 2.75) is 76.5 Å². The molecule has 0 saturated carbocycles. The molecule has 3 N–H and O–H groups in total. The summed E-state index contributed by atoms with van der Waals surface area (Å²) in [5.41, 5.74) is 1.65. The van der Waals surface area contributed by atoms with Gasteiger partial charge in [-0.05, 0) is 83.7 Å². The summed E-state index contributed by atoms with van der Waals surface area (Å²) in [6.07, 6.45) is 4.68. The number of carbonyl (C=O) groups excluding carboxylic acids is 2. The molecular weight excluding hydrogens is 563 g/mol. The first-order chi connectivity index (χ1) is 19.5. The molecule has 9 nitrogen and oxygen atoms in total. The van der Waals surface area contributed by atoms with Gasteiger partial charge in [-0.2, -0.15) is 0 Å². The Morgan fingerprint density at radius 1 is 1.20 bits per heavy atom. The van der Waals surface area contributed by atoms with E-state index in [1.807, 2.05) is 38.2 Å². The Hall–Kier alpha value is -3.22. The molecule has 0 aliphatic carbocycles. The Morgan fingerprint density at radius 2 is 1.95 bits per heavy atom. The number of thiazole rings is 1. The monoisotopic (exact) mass is 600 g/mol. The molecule has 3 heterocycles. The molecule has 12 heteroatoms. The molecule has 1 fully saturated rings. The summed E-state index contributed by atoms with van der Waals surface area (Å²) in [6, 6.07) is 8.10. The molecule has 3 amide bonds. The first-order valence-electron chi connectivity index (χ1n) is 13.6. The third kappa shape index (κ3) is 8.88. The average molecular weight is 601 g/mol. The molecule has 0 spiro atoms. The summed E-state index contributed by atoms with van der Waals surface area (Å²) >= 11 is 3.15. The number of aromatic nitrogens is 2. The first kappa shape index (κ1) is 30.7. The second-order valence-electron chi connectivity index (χ2n) is 11.2. The molecule has 1 aromatic carbocycles. The fraction of sp³-hybridized carbons (Fsp3) is 0.448. The molecule has 3 aromatic rings. The number of nitrogens with zero attached hydrogens (tertiary/aromatic N) is 3. The molecule has 0 unspecified atom stereocenters. The van der Waals surface area contributed by atoms with E-state index in [0.29, 0.717) is 18.8 Å². The van der Waals surface area contributed by atoms with Gasteiger partial charge in [0, 0.05) is 53.1 Å². The largest absolute Gasteiger partial charge is 0.447 e. The fourth-order valence-electron chi connectivity index (χ4n) is 4.17. The van der Waals surface area contributed by atoms with Crippen LogP contribution in [0.4, 0.5) is 19.7 Å². The number of rotatable bonds is 8. The molecule has 0 bridgehead atoms. The van der Waals surface area contributed by atoms with Gasteiger partial charge in [-0.15, -0.1) is 11.3 Å². The number of amides is 3. The Kier molecular flexibility index (Phi) is 10.2. The second-order valence-corrected chi connectivity index (χ2v) is 13.1. The van der Waals surface area contributed by atoms with Crippen LogP contribution in [0.1, 0.15) is 64.1 Å². The summed E-state index contributed by atoms with van der Waals surface area (Å²) in [5.74, 6) is -0.179. The number of likely N-dealkylation sites (tertiary alicyclic amines) is 1. The van der Waals surface area contributed by atoms with Crippen LogP contribution in [0.15, 0.2) is 47.6 Å². The number of piperidine rings is 1. The second kappa shape index (κ2) is 13.6. The lowest BCUT2D eigenvalue weighted by Gasteiger charge is -2.30. The topological polar surface area (TPSA) is 108 Å². The number of ether oxygens (including phenoxy) is 1. The third-order valence-corrected chi connectivity index (χ3v) is 8.65. The van der Waals surface area contributed by atoms with Crippen molar-refractivity contribution >= 4 is 41.1 Å². The van der Waals surface area contributed by atoms with Gasteiger partial charge in [0.2, 0.25) is 0 Å². The Labute approximate surface area is 248 Å². The Balaban J connectivity index is 1.45. The predicted octanol–water partition coefficient (Wildman–Crippen LogP) is 6.79. The molecule has 0 radical (unpaired) electrons. The van der Waals surface area contributed by atoms with Gasteiger partial charge in [-0.1, -0.05) is 6.07 Å². The van der Waals surface area contributed by atoms with Crippen LogP contribution >= 0.6 is 23.3 Å². The molecule has 2 aromatic heterocycles. The molecule has 1 saturated heterocycles. The summed E-state index contributed by atoms with van der Waals surface area (Å²) in [4.78, 5) is 37.3. The van der Waals surface area contributed by atoms with Crippen molar-refractivity contribution in [3.8, 4) is 10.4 Å². The number of halogens is 1. The standard InChI is InChI=1S/C29H37FN6O3S2/c1-18(2)39-28(38)36-13-10-19(11-14-36)26-32-17-25(40-26)21-9-8-20(15-24(21)41-35-29(3,4)5)34-27(37)33-16-23-22(30)7-6-12-31-23/h6-9,12,15,17-19,35H,10-11,13-14,16H2,1-5H3,(H2,33,34,37). The van der Waals surface area contributed by atoms with Crippen LogP contribution in [0.5, 0.6) is 0 Å². The van der Waals surface area contributed by atoms with E-state index < -0.39 is 11.8 Å². The summed E-state index contributed by atoms with van der Waals surface area (Å²) in [7, 11) is 0. The highest BCUT2D eigenvalue weighted by molar-refractivity contribution is 7.97. The fourth-order valence-corrected chi connectivity index (χ4v) is 6.25. The van der Waals surface area contributed by atoms with E-state index in [1.54, 1.807) is 16.2 Å². The van der Waals surface area contributed by atoms with Crippen LogP contribution in [-0.2, 0) is 11.3 Å². The molecule has 41 heavy (non-hydrogen) atoms. The van der Waals surface area contributed by atoms with Crippen LogP contribution in [-0.4, -0.2) is 51.7 Å². The van der Waals surface area contributed by atoms with Gasteiger partial charge in [-0.3, -0.25) is 9.71 Å². The highest BCUT2D eigenvalue weighted by Crippen LogP contribution is 2.39. The number of urea groups is 1. The van der Waals surface area contributed by atoms with E-state index in [-0.39, 0.29) is 35.9 Å². The van der Waals surface area contributed by atoms with Crippen molar-refractivity contribution in [1.29, 1.82) is 0 Å². The lowest BCUT2D eigenvalue weighted by Crippen LogP contribution is -2.39. The number of anilines is 1. The minimum absolute atomic E-state index is 0.0226. The third-order valence-electron chi connectivity index (χ3n) is 6.19. The maximum absolute atomic E-state index is 13.8. The number of hydrogen-bond acceptors (Lipinski definition) is 8. The quantitative estimate of drug-likeness (QED) is 0.245. The minimum Gasteiger partial charge on any atom is -0.447 e. The molecule has 1 aliphatic heterocycles. The number of nitrogens with one attached hydrogen (secondary N) is 3. The van der Waals surface area contributed by atoms with Crippen LogP contribution in [0.25, 0.3) is 10.4 Å². The first-order valence-corrected chi connectivity index (χ1v) is 15.3. The SMILES string of the molecule is CC(C)OC(=O)N1CCC(c2ncc(-c3ccc(NC(=O)NCc4ncccc4F)cc3SNC(C)(C)C)s2)CC1. The summed E-state index contributed by atoms with van der Waals surface area (Å²) < 4.78 is 22.6. The van der Waals surface area contributed by atoms with Gasteiger partial charge >= 0.3 is 12.1 Å². The van der Waals surface area contributed by atoms with E-state index >= 15 is 0 Å². The maximum Gasteiger partial charge on any atom is 0.410 e. The van der Waals surface area contributed by atoms with Gasteiger partial charge < -0.3 is 20.3 Å². The smallest absolute Gasteiger partial charge is 0.410 e. The van der Waals surface area contributed by atoms with Gasteiger partial charge in [-0.25, -0.2) is 19.0 Å². The Morgan fingerprint density at radius 3 is 2.63 bits per heavy atom. The van der Waals surface area contributed by atoms with E-state index in [0.717, 1.165) is 33.2 Å². The van der Waals surface area contributed by atoms with Crippen LogP contribution in [0.3, 0.4) is 0 Å². The predicted molar refractivity (Wildman–Crippen MR) is 162 cm³/mol. The maximum atomic E-state index is 13.8. The Bertz CT molecular complexity index is 1350. The summed E-state index contributed by atoms with van der Waals surface area (Å²) in [6.45, 7) is 11.2. The van der Waals surface area contributed by atoms with E-state index in [1.165, 1.54) is 30.3 Å². The van der Waals surface area contributed by atoms with Crippen molar-refractivity contribution < 1.29 is 18.7 Å². The molecule has 0 atom stereocenters. The lowest BCUT2D eigenvalue weighted by molar-refractivity contribution is 0.0692. The van der Waals surface area contributed by atoms with E-state index in [2.05, 4.69) is 41.1 Å². The highest BCUT2D eigenvalue weighted by atomic mass is 32.2. The van der Waals surface area contributed by atoms with E-state index in [9.17, 15) is 14.0 Å². The van der Waals surface area contributed by atoms with Crippen LogP contribution in [0.2, 0.25) is 0 Å². The van der Waals surface area contributed by atoms with Crippen molar-refractivity contribution in [3.63, 3.8) is 0 Å². The number of benzene rings is 1. The zero-order chi connectivity index (χ0) is 29.6. The number of pyridine rings is 1. The van der Waals surface area contributed by atoms with Gasteiger partial charge in [0.1, 0.15) is 5.82 Å². The molecule has 1 aliphatic rings. The van der Waals surface area contributed by atoms with Crippen LogP contribution < -0.4 is 15.4 Å². The molecule has 4 rings (SSSR count). The summed E-state index contributed by atoms with van der Waals surface area (Å²) in [5, 5.41) is 6.54. The van der Waals surface area contributed by atoms with Crippen molar-refractivity contribution in [3.05, 3.63) is 59.2 Å². The van der Waals surface area contributed by atoms with Gasteiger partial charge in [0.25, 0.3) is 0 Å². The van der Waals surface area contributed by atoms with Crippen molar-refractivity contribution in [1.82, 2.24) is 24.9 Å².